The van der Waals surface area contributed by atoms with Crippen LogP contribution in [0.3, 0.4) is 0 Å². The maximum absolute atomic E-state index is 12.8. The highest BCUT2D eigenvalue weighted by Crippen LogP contribution is 2.41. The van der Waals surface area contributed by atoms with Gasteiger partial charge in [-0.2, -0.15) is 15.4 Å². The van der Waals surface area contributed by atoms with Crippen LogP contribution in [0.1, 0.15) is 40.3 Å². The van der Waals surface area contributed by atoms with E-state index >= 15 is 0 Å². The van der Waals surface area contributed by atoms with E-state index in [2.05, 4.69) is 20.4 Å². The van der Waals surface area contributed by atoms with Crippen LogP contribution in [0, 0.1) is 6.92 Å². The van der Waals surface area contributed by atoms with Gasteiger partial charge in [0.05, 0.1) is 18.0 Å². The molecule has 1 fully saturated rings. The van der Waals surface area contributed by atoms with Gasteiger partial charge in [0, 0.05) is 24.8 Å². The Labute approximate surface area is 168 Å². The minimum absolute atomic E-state index is 0.0882. The first-order valence-electron chi connectivity index (χ1n) is 9.89. The fourth-order valence-corrected chi connectivity index (χ4v) is 4.22. The van der Waals surface area contributed by atoms with Gasteiger partial charge in [-0.1, -0.05) is 30.3 Å². The van der Waals surface area contributed by atoms with E-state index in [9.17, 15) is 4.79 Å². The molecule has 1 N–H and O–H groups in total. The first-order valence-corrected chi connectivity index (χ1v) is 9.89. The standard InChI is InChI=1S/C21H22N6O2/c1-14-17(25-26-24-14)20(28)27-10-8-21(9-11-27)18-16(7-12-29-21)13-22-19(23-18)15-5-3-2-4-6-15/h2-6,13H,7-12H2,1H3,(H,24,25,26). The summed E-state index contributed by atoms with van der Waals surface area (Å²) in [5.41, 5.74) is 3.65. The first kappa shape index (κ1) is 17.9. The van der Waals surface area contributed by atoms with E-state index in [4.69, 9.17) is 9.72 Å². The molecule has 1 amide bonds. The molecule has 29 heavy (non-hydrogen) atoms. The van der Waals surface area contributed by atoms with Gasteiger partial charge in [-0.15, -0.1) is 0 Å². The highest BCUT2D eigenvalue weighted by molar-refractivity contribution is 5.93. The molecule has 1 saturated heterocycles. The van der Waals surface area contributed by atoms with Gasteiger partial charge in [-0.3, -0.25) is 4.79 Å². The Morgan fingerprint density at radius 3 is 2.69 bits per heavy atom. The Bertz CT molecular complexity index is 1040. The normalized spacial score (nSPS) is 17.9. The maximum atomic E-state index is 12.8. The number of H-pyrrole nitrogens is 1. The number of carbonyl (C=O) groups is 1. The lowest BCUT2D eigenvalue weighted by molar-refractivity contribution is -0.0967. The fraction of sp³-hybridized carbons (Fsp3) is 0.381. The summed E-state index contributed by atoms with van der Waals surface area (Å²) in [6, 6.07) is 9.98. The van der Waals surface area contributed by atoms with Crippen molar-refractivity contribution >= 4 is 5.91 Å². The van der Waals surface area contributed by atoms with Crippen molar-refractivity contribution in [1.29, 1.82) is 0 Å². The zero-order chi connectivity index (χ0) is 19.8. The van der Waals surface area contributed by atoms with Crippen LogP contribution < -0.4 is 0 Å². The van der Waals surface area contributed by atoms with Crippen LogP contribution in [0.4, 0.5) is 0 Å². The number of amides is 1. The Morgan fingerprint density at radius 1 is 1.17 bits per heavy atom. The SMILES string of the molecule is Cc1n[nH]nc1C(=O)N1CCC2(CC1)OCCc1cnc(-c3ccccc3)nc12. The quantitative estimate of drug-likeness (QED) is 0.721. The third-order valence-corrected chi connectivity index (χ3v) is 5.86. The molecule has 2 aromatic heterocycles. The van der Waals surface area contributed by atoms with Gasteiger partial charge >= 0.3 is 0 Å². The molecule has 148 valence electrons. The highest BCUT2D eigenvalue weighted by Gasteiger charge is 2.43. The number of likely N-dealkylation sites (tertiary alicyclic amines) is 1. The van der Waals surface area contributed by atoms with Crippen LogP contribution in [0.15, 0.2) is 36.5 Å². The van der Waals surface area contributed by atoms with Crippen LogP contribution >= 0.6 is 0 Å². The van der Waals surface area contributed by atoms with Crippen molar-refractivity contribution < 1.29 is 9.53 Å². The fourth-order valence-electron chi connectivity index (χ4n) is 4.22. The number of carbonyl (C=O) groups excluding carboxylic acids is 1. The summed E-state index contributed by atoms with van der Waals surface area (Å²) in [6.07, 6.45) is 4.15. The number of nitrogens with zero attached hydrogens (tertiary/aromatic N) is 5. The zero-order valence-corrected chi connectivity index (χ0v) is 16.3. The molecule has 8 heteroatoms. The number of ether oxygens (including phenoxy) is 1. The van der Waals surface area contributed by atoms with E-state index < -0.39 is 5.60 Å². The third kappa shape index (κ3) is 3.09. The van der Waals surface area contributed by atoms with Gasteiger partial charge < -0.3 is 9.64 Å². The van der Waals surface area contributed by atoms with Crippen LogP contribution in [-0.4, -0.2) is 55.9 Å². The summed E-state index contributed by atoms with van der Waals surface area (Å²) in [6.45, 7) is 3.62. The molecule has 2 aliphatic heterocycles. The molecule has 0 unspecified atom stereocenters. The number of hydrogen-bond acceptors (Lipinski definition) is 6. The molecule has 0 aliphatic carbocycles. The number of piperidine rings is 1. The van der Waals surface area contributed by atoms with E-state index in [1.54, 1.807) is 6.92 Å². The molecule has 3 aromatic rings. The molecule has 0 radical (unpaired) electrons. The molecule has 5 rings (SSSR count). The number of fused-ring (bicyclic) bond motifs is 2. The predicted molar refractivity (Wildman–Crippen MR) is 105 cm³/mol. The van der Waals surface area contributed by atoms with Gasteiger partial charge in [0.1, 0.15) is 5.60 Å². The van der Waals surface area contributed by atoms with Gasteiger partial charge in [0.15, 0.2) is 11.5 Å². The monoisotopic (exact) mass is 390 g/mol. The van der Waals surface area contributed by atoms with Gasteiger partial charge in [-0.25, -0.2) is 9.97 Å². The van der Waals surface area contributed by atoms with E-state index in [1.807, 2.05) is 41.4 Å². The van der Waals surface area contributed by atoms with Crippen LogP contribution in [-0.2, 0) is 16.8 Å². The molecule has 0 saturated carbocycles. The lowest BCUT2D eigenvalue weighted by Crippen LogP contribution is -2.49. The second kappa shape index (κ2) is 7.04. The number of rotatable bonds is 2. The minimum Gasteiger partial charge on any atom is -0.368 e. The molecule has 1 aromatic carbocycles. The minimum atomic E-state index is -0.463. The number of nitrogens with one attached hydrogen (secondary N) is 1. The predicted octanol–water partition coefficient (Wildman–Crippen LogP) is 2.27. The Hall–Kier alpha value is -3.13. The molecular formula is C21H22N6O2. The van der Waals surface area contributed by atoms with Crippen molar-refractivity contribution in [1.82, 2.24) is 30.3 Å². The van der Waals surface area contributed by atoms with E-state index in [-0.39, 0.29) is 5.91 Å². The average Bonchev–Trinajstić information content (AvgIpc) is 3.20. The Kier molecular flexibility index (Phi) is 4.35. The average molecular weight is 390 g/mol. The van der Waals surface area contributed by atoms with Crippen LogP contribution in [0.25, 0.3) is 11.4 Å². The summed E-state index contributed by atoms with van der Waals surface area (Å²) >= 11 is 0. The topological polar surface area (TPSA) is 96.9 Å². The lowest BCUT2D eigenvalue weighted by Gasteiger charge is -2.44. The van der Waals surface area contributed by atoms with E-state index in [1.165, 1.54) is 0 Å². The molecule has 4 heterocycles. The second-order valence-electron chi connectivity index (χ2n) is 7.58. The Morgan fingerprint density at radius 2 is 1.97 bits per heavy atom. The van der Waals surface area contributed by atoms with Crippen LogP contribution in [0.5, 0.6) is 0 Å². The summed E-state index contributed by atoms with van der Waals surface area (Å²) in [7, 11) is 0. The van der Waals surface area contributed by atoms with Gasteiger partial charge in [0.25, 0.3) is 5.91 Å². The first-order chi connectivity index (χ1) is 14.2. The molecule has 0 bridgehead atoms. The van der Waals surface area contributed by atoms with Crippen LogP contribution in [0.2, 0.25) is 0 Å². The van der Waals surface area contributed by atoms with E-state index in [0.717, 1.165) is 23.2 Å². The molecule has 2 aliphatic rings. The molecular weight excluding hydrogens is 368 g/mol. The number of benzene rings is 1. The summed E-state index contributed by atoms with van der Waals surface area (Å²) in [5, 5.41) is 10.5. The smallest absolute Gasteiger partial charge is 0.276 e. The number of hydrogen-bond donors (Lipinski definition) is 1. The van der Waals surface area contributed by atoms with Gasteiger partial charge in [0.2, 0.25) is 0 Å². The van der Waals surface area contributed by atoms with E-state index in [0.29, 0.717) is 49.8 Å². The number of aromatic amines is 1. The van der Waals surface area contributed by atoms with Crippen molar-refractivity contribution in [3.63, 3.8) is 0 Å². The maximum Gasteiger partial charge on any atom is 0.276 e. The number of aromatic nitrogens is 5. The van der Waals surface area contributed by atoms with Crippen molar-refractivity contribution in [3.8, 4) is 11.4 Å². The largest absolute Gasteiger partial charge is 0.368 e. The molecule has 0 atom stereocenters. The molecule has 8 nitrogen and oxygen atoms in total. The third-order valence-electron chi connectivity index (χ3n) is 5.86. The summed E-state index contributed by atoms with van der Waals surface area (Å²) in [5.74, 6) is 0.626. The van der Waals surface area contributed by atoms with Crippen molar-refractivity contribution in [2.45, 2.75) is 31.8 Å². The van der Waals surface area contributed by atoms with Crippen molar-refractivity contribution in [2.24, 2.45) is 0 Å². The van der Waals surface area contributed by atoms with Gasteiger partial charge in [-0.05, 0) is 31.7 Å². The van der Waals surface area contributed by atoms with Crippen molar-refractivity contribution in [2.75, 3.05) is 19.7 Å². The lowest BCUT2D eigenvalue weighted by atomic mass is 9.83. The summed E-state index contributed by atoms with van der Waals surface area (Å²) < 4.78 is 6.30. The number of aryl methyl sites for hydroxylation is 1. The molecule has 1 spiro atoms. The van der Waals surface area contributed by atoms with Crippen molar-refractivity contribution in [3.05, 3.63) is 59.2 Å². The highest BCUT2D eigenvalue weighted by atomic mass is 16.5. The summed E-state index contributed by atoms with van der Waals surface area (Å²) in [4.78, 5) is 24.1. The second-order valence-corrected chi connectivity index (χ2v) is 7.58. The zero-order valence-electron chi connectivity index (χ0n) is 16.3. The Balaban J connectivity index is 1.42.